The first-order valence-electron chi connectivity index (χ1n) is 8.65. The zero-order valence-electron chi connectivity index (χ0n) is 14.7. The number of piperidine rings is 1. The molecular formula is C20H25FN2O2. The van der Waals surface area contributed by atoms with E-state index in [0.29, 0.717) is 6.54 Å². The maximum Gasteiger partial charge on any atom is 0.165 e. The molecule has 0 radical (unpaired) electrons. The minimum Gasteiger partial charge on any atom is -0.496 e. The van der Waals surface area contributed by atoms with Gasteiger partial charge in [0, 0.05) is 24.2 Å². The number of hydrogen-bond acceptors (Lipinski definition) is 4. The van der Waals surface area contributed by atoms with E-state index in [1.165, 1.54) is 7.11 Å². The Morgan fingerprint density at radius 3 is 2.68 bits per heavy atom. The van der Waals surface area contributed by atoms with E-state index in [0.717, 1.165) is 36.3 Å². The molecule has 0 aromatic heterocycles. The molecule has 2 aromatic rings. The summed E-state index contributed by atoms with van der Waals surface area (Å²) in [4.78, 5) is 0. The van der Waals surface area contributed by atoms with E-state index in [1.54, 1.807) is 19.2 Å². The zero-order chi connectivity index (χ0) is 17.6. The predicted octanol–water partition coefficient (Wildman–Crippen LogP) is 3.43. The Hall–Kier alpha value is -2.11. The molecule has 5 heteroatoms. The number of nitrogens with one attached hydrogen (secondary N) is 2. The van der Waals surface area contributed by atoms with Gasteiger partial charge in [-0.05, 0) is 43.1 Å². The second-order valence-corrected chi connectivity index (χ2v) is 6.27. The molecule has 0 bridgehead atoms. The Labute approximate surface area is 148 Å². The largest absolute Gasteiger partial charge is 0.496 e. The second kappa shape index (κ2) is 8.32. The smallest absolute Gasteiger partial charge is 0.165 e. The summed E-state index contributed by atoms with van der Waals surface area (Å²) in [5.74, 6) is 0.833. The van der Waals surface area contributed by atoms with Crippen molar-refractivity contribution in [3.8, 4) is 11.5 Å². The van der Waals surface area contributed by atoms with Crippen molar-refractivity contribution in [3.05, 3.63) is 59.4 Å². The number of methoxy groups -OCH3 is 2. The highest BCUT2D eigenvalue weighted by atomic mass is 19.1. The Morgan fingerprint density at radius 1 is 1.12 bits per heavy atom. The van der Waals surface area contributed by atoms with E-state index in [9.17, 15) is 4.39 Å². The van der Waals surface area contributed by atoms with E-state index in [2.05, 4.69) is 16.7 Å². The lowest BCUT2D eigenvalue weighted by Crippen LogP contribution is -2.45. The highest BCUT2D eigenvalue weighted by Gasteiger charge is 2.26. The van der Waals surface area contributed by atoms with E-state index in [-0.39, 0.29) is 23.7 Å². The standard InChI is InChI=1S/C20H25FN2O2/c1-24-18-8-4-3-6-15(18)13-23-17-7-5-11-22-20(17)14-9-10-19(25-2)16(21)12-14/h3-4,6,8-10,12,17,20,22-23H,5,7,11,13H2,1-2H3/t17-,20-/m1/s1. The van der Waals surface area contributed by atoms with Crippen molar-refractivity contribution in [1.29, 1.82) is 0 Å². The molecule has 1 heterocycles. The molecular weight excluding hydrogens is 319 g/mol. The highest BCUT2D eigenvalue weighted by molar-refractivity contribution is 5.34. The SMILES string of the molecule is COc1ccc([C@H]2NCCC[C@H]2NCc2ccccc2OC)cc1F. The molecule has 2 aromatic carbocycles. The van der Waals surface area contributed by atoms with Crippen molar-refractivity contribution < 1.29 is 13.9 Å². The lowest BCUT2D eigenvalue weighted by atomic mass is 9.92. The van der Waals surface area contributed by atoms with Crippen LogP contribution >= 0.6 is 0 Å². The molecule has 1 aliphatic heterocycles. The van der Waals surface area contributed by atoms with Gasteiger partial charge in [0.2, 0.25) is 0 Å². The van der Waals surface area contributed by atoms with E-state index in [1.807, 2.05) is 24.3 Å². The van der Waals surface area contributed by atoms with E-state index in [4.69, 9.17) is 9.47 Å². The molecule has 0 aliphatic carbocycles. The first-order chi connectivity index (χ1) is 12.2. The second-order valence-electron chi connectivity index (χ2n) is 6.27. The summed E-state index contributed by atoms with van der Waals surface area (Å²) in [5.41, 5.74) is 2.06. The molecule has 0 unspecified atom stereocenters. The van der Waals surface area contributed by atoms with Crippen LogP contribution in [0.4, 0.5) is 4.39 Å². The molecule has 25 heavy (non-hydrogen) atoms. The number of rotatable bonds is 6. The van der Waals surface area contributed by atoms with Crippen LogP contribution in [0.2, 0.25) is 0 Å². The molecule has 134 valence electrons. The molecule has 4 nitrogen and oxygen atoms in total. The Bertz CT molecular complexity index is 708. The molecule has 2 atom stereocenters. The molecule has 1 aliphatic rings. The van der Waals surface area contributed by atoms with Gasteiger partial charge in [0.1, 0.15) is 5.75 Å². The van der Waals surface area contributed by atoms with Crippen LogP contribution in [0.1, 0.15) is 30.0 Å². The van der Waals surface area contributed by atoms with Crippen molar-refractivity contribution in [2.24, 2.45) is 0 Å². The van der Waals surface area contributed by atoms with Crippen molar-refractivity contribution in [3.63, 3.8) is 0 Å². The van der Waals surface area contributed by atoms with Gasteiger partial charge in [-0.3, -0.25) is 0 Å². The van der Waals surface area contributed by atoms with Crippen LogP contribution in [0.15, 0.2) is 42.5 Å². The summed E-state index contributed by atoms with van der Waals surface area (Å²) < 4.78 is 24.5. The summed E-state index contributed by atoms with van der Waals surface area (Å²) in [6.45, 7) is 1.65. The average molecular weight is 344 g/mol. The van der Waals surface area contributed by atoms with Gasteiger partial charge >= 0.3 is 0 Å². The Morgan fingerprint density at radius 2 is 1.92 bits per heavy atom. The maximum absolute atomic E-state index is 14.1. The van der Waals surface area contributed by atoms with Crippen LogP contribution in [-0.2, 0) is 6.54 Å². The summed E-state index contributed by atoms with van der Waals surface area (Å²) in [7, 11) is 3.17. The quantitative estimate of drug-likeness (QED) is 0.843. The van der Waals surface area contributed by atoms with Crippen LogP contribution in [-0.4, -0.2) is 26.8 Å². The topological polar surface area (TPSA) is 42.5 Å². The van der Waals surface area contributed by atoms with Gasteiger partial charge in [-0.25, -0.2) is 4.39 Å². The fourth-order valence-corrected chi connectivity index (χ4v) is 3.42. The normalized spacial score (nSPS) is 20.3. The molecule has 1 fully saturated rings. The lowest BCUT2D eigenvalue weighted by molar-refractivity contribution is 0.301. The molecule has 3 rings (SSSR count). The molecule has 0 saturated carbocycles. The Kier molecular flexibility index (Phi) is 5.89. The van der Waals surface area contributed by atoms with E-state index >= 15 is 0 Å². The summed E-state index contributed by atoms with van der Waals surface area (Å²) in [6, 6.07) is 13.5. The lowest BCUT2D eigenvalue weighted by Gasteiger charge is -2.34. The third-order valence-corrected chi connectivity index (χ3v) is 4.74. The van der Waals surface area contributed by atoms with Crippen LogP contribution in [0.5, 0.6) is 11.5 Å². The first kappa shape index (κ1) is 17.7. The highest BCUT2D eigenvalue weighted by Crippen LogP contribution is 2.28. The van der Waals surface area contributed by atoms with Crippen LogP contribution < -0.4 is 20.1 Å². The van der Waals surface area contributed by atoms with Crippen LogP contribution in [0.3, 0.4) is 0 Å². The fraction of sp³-hybridized carbons (Fsp3) is 0.400. The third-order valence-electron chi connectivity index (χ3n) is 4.74. The number of ether oxygens (including phenoxy) is 2. The third kappa shape index (κ3) is 4.11. The molecule has 0 amide bonds. The Balaban J connectivity index is 1.74. The van der Waals surface area contributed by atoms with Gasteiger partial charge < -0.3 is 20.1 Å². The molecule has 1 saturated heterocycles. The number of hydrogen-bond donors (Lipinski definition) is 2. The fourth-order valence-electron chi connectivity index (χ4n) is 3.42. The van der Waals surface area contributed by atoms with Crippen molar-refractivity contribution in [1.82, 2.24) is 10.6 Å². The van der Waals surface area contributed by atoms with Gasteiger partial charge in [-0.15, -0.1) is 0 Å². The minimum absolute atomic E-state index is 0.0730. The van der Waals surface area contributed by atoms with Crippen molar-refractivity contribution in [2.45, 2.75) is 31.5 Å². The number of para-hydroxylation sites is 1. The number of halogens is 1. The monoisotopic (exact) mass is 344 g/mol. The summed E-state index contributed by atoms with van der Waals surface area (Å²) >= 11 is 0. The van der Waals surface area contributed by atoms with Gasteiger partial charge in [0.15, 0.2) is 11.6 Å². The average Bonchev–Trinajstić information content (AvgIpc) is 2.66. The van der Waals surface area contributed by atoms with Crippen LogP contribution in [0.25, 0.3) is 0 Å². The summed E-state index contributed by atoms with van der Waals surface area (Å²) in [6.07, 6.45) is 2.14. The van der Waals surface area contributed by atoms with Gasteiger partial charge in [0.05, 0.1) is 14.2 Å². The van der Waals surface area contributed by atoms with Crippen LogP contribution in [0, 0.1) is 5.82 Å². The van der Waals surface area contributed by atoms with Gasteiger partial charge in [0.25, 0.3) is 0 Å². The van der Waals surface area contributed by atoms with Crippen molar-refractivity contribution in [2.75, 3.05) is 20.8 Å². The minimum atomic E-state index is -0.323. The van der Waals surface area contributed by atoms with Gasteiger partial charge in [-0.1, -0.05) is 24.3 Å². The summed E-state index contributed by atoms with van der Waals surface area (Å²) in [5, 5.41) is 7.13. The zero-order valence-corrected chi connectivity index (χ0v) is 14.7. The van der Waals surface area contributed by atoms with Gasteiger partial charge in [-0.2, -0.15) is 0 Å². The molecule has 2 N–H and O–H groups in total. The first-order valence-corrected chi connectivity index (χ1v) is 8.65. The predicted molar refractivity (Wildman–Crippen MR) is 96.6 cm³/mol. The maximum atomic E-state index is 14.1. The number of benzene rings is 2. The molecule has 0 spiro atoms. The van der Waals surface area contributed by atoms with Crippen molar-refractivity contribution >= 4 is 0 Å². The van der Waals surface area contributed by atoms with E-state index < -0.39 is 0 Å².